The lowest BCUT2D eigenvalue weighted by Crippen LogP contribution is -2.07. The highest BCUT2D eigenvalue weighted by atomic mass is 79.9. The van der Waals surface area contributed by atoms with Crippen molar-refractivity contribution in [2.24, 2.45) is 0 Å². The molecule has 1 rings (SSSR count). The molecule has 0 aromatic heterocycles. The van der Waals surface area contributed by atoms with Crippen LogP contribution in [-0.2, 0) is 4.79 Å². The second-order valence-corrected chi connectivity index (χ2v) is 3.61. The maximum atomic E-state index is 13.3. The highest BCUT2D eigenvalue weighted by Crippen LogP contribution is 2.25. The normalized spacial score (nSPS) is 12.5. The number of aliphatic carboxylic acids is 1. The molecule has 14 heavy (non-hydrogen) atoms. The molecule has 3 nitrogen and oxygen atoms in total. The summed E-state index contributed by atoms with van der Waals surface area (Å²) < 4.78 is 13.5. The molecule has 0 saturated carbocycles. The summed E-state index contributed by atoms with van der Waals surface area (Å²) in [6.07, 6.45) is -1.82. The minimum Gasteiger partial charge on any atom is -0.481 e. The van der Waals surface area contributed by atoms with E-state index in [2.05, 4.69) is 15.9 Å². The molecule has 2 N–H and O–H groups in total. The Labute approximate surface area is 88.3 Å². The van der Waals surface area contributed by atoms with Crippen molar-refractivity contribution in [3.8, 4) is 0 Å². The van der Waals surface area contributed by atoms with Gasteiger partial charge in [0.25, 0.3) is 0 Å². The maximum absolute atomic E-state index is 13.3. The van der Waals surface area contributed by atoms with E-state index in [1.165, 1.54) is 18.2 Å². The van der Waals surface area contributed by atoms with Crippen LogP contribution in [0.2, 0.25) is 0 Å². The summed E-state index contributed by atoms with van der Waals surface area (Å²) in [7, 11) is 0. The molecular weight excluding hydrogens is 255 g/mol. The molecule has 0 amide bonds. The molecule has 0 fully saturated rings. The quantitative estimate of drug-likeness (QED) is 0.877. The van der Waals surface area contributed by atoms with E-state index in [0.29, 0.717) is 0 Å². The van der Waals surface area contributed by atoms with Crippen LogP contribution in [0, 0.1) is 5.82 Å². The highest BCUT2D eigenvalue weighted by molar-refractivity contribution is 9.10. The zero-order valence-electron chi connectivity index (χ0n) is 7.08. The summed E-state index contributed by atoms with van der Waals surface area (Å²) in [5.41, 5.74) is -0.0122. The molecule has 0 unspecified atom stereocenters. The summed E-state index contributed by atoms with van der Waals surface area (Å²) >= 11 is 2.95. The van der Waals surface area contributed by atoms with Gasteiger partial charge in [-0.1, -0.05) is 12.1 Å². The second kappa shape index (κ2) is 4.52. The third-order valence-electron chi connectivity index (χ3n) is 1.71. The Morgan fingerprint density at radius 2 is 2.21 bits per heavy atom. The van der Waals surface area contributed by atoms with Gasteiger partial charge in [-0.15, -0.1) is 0 Å². The average molecular weight is 263 g/mol. The number of rotatable bonds is 3. The first kappa shape index (κ1) is 11.1. The van der Waals surface area contributed by atoms with E-state index in [4.69, 9.17) is 5.11 Å². The van der Waals surface area contributed by atoms with Crippen molar-refractivity contribution in [3.05, 3.63) is 34.1 Å². The Bertz CT molecular complexity index is 354. The number of benzene rings is 1. The zero-order valence-corrected chi connectivity index (χ0v) is 8.66. The van der Waals surface area contributed by atoms with Gasteiger partial charge in [-0.3, -0.25) is 4.79 Å². The SMILES string of the molecule is O=C(O)C[C@H](O)c1cccc(Br)c1F. The van der Waals surface area contributed by atoms with Gasteiger partial charge in [0.1, 0.15) is 5.82 Å². The van der Waals surface area contributed by atoms with Gasteiger partial charge in [0.2, 0.25) is 0 Å². The summed E-state index contributed by atoms with van der Waals surface area (Å²) in [6.45, 7) is 0. The third-order valence-corrected chi connectivity index (χ3v) is 2.32. The Morgan fingerprint density at radius 1 is 1.57 bits per heavy atom. The van der Waals surface area contributed by atoms with E-state index in [-0.39, 0.29) is 10.0 Å². The Kier molecular flexibility index (Phi) is 3.60. The zero-order chi connectivity index (χ0) is 10.7. The van der Waals surface area contributed by atoms with Gasteiger partial charge in [-0.05, 0) is 22.0 Å². The maximum Gasteiger partial charge on any atom is 0.306 e. The van der Waals surface area contributed by atoms with E-state index in [9.17, 15) is 14.3 Å². The number of halogens is 2. The molecule has 0 heterocycles. The predicted molar refractivity (Wildman–Crippen MR) is 51.3 cm³/mol. The largest absolute Gasteiger partial charge is 0.481 e. The Morgan fingerprint density at radius 3 is 2.79 bits per heavy atom. The number of carboxylic acids is 1. The van der Waals surface area contributed by atoms with Crippen molar-refractivity contribution >= 4 is 21.9 Å². The van der Waals surface area contributed by atoms with Crippen LogP contribution in [0.4, 0.5) is 4.39 Å². The van der Waals surface area contributed by atoms with Gasteiger partial charge in [-0.25, -0.2) is 4.39 Å². The van der Waals surface area contributed by atoms with Gasteiger partial charge >= 0.3 is 5.97 Å². The van der Waals surface area contributed by atoms with Gasteiger partial charge in [0.05, 0.1) is 17.0 Å². The van der Waals surface area contributed by atoms with E-state index < -0.39 is 24.3 Å². The topological polar surface area (TPSA) is 57.5 Å². The highest BCUT2D eigenvalue weighted by Gasteiger charge is 2.17. The number of hydrogen-bond donors (Lipinski definition) is 2. The fourth-order valence-electron chi connectivity index (χ4n) is 1.05. The molecule has 0 aliphatic carbocycles. The third kappa shape index (κ3) is 2.52. The van der Waals surface area contributed by atoms with Crippen LogP contribution in [0.25, 0.3) is 0 Å². The molecule has 0 aliphatic heterocycles. The smallest absolute Gasteiger partial charge is 0.306 e. The number of carboxylic acid groups (broad SMARTS) is 1. The standard InChI is InChI=1S/C9H8BrFO3/c10-6-3-1-2-5(9(6)11)7(12)4-8(13)14/h1-3,7,12H,4H2,(H,13,14)/t7-/m0/s1. The molecule has 0 spiro atoms. The fourth-order valence-corrected chi connectivity index (χ4v) is 1.43. The lowest BCUT2D eigenvalue weighted by atomic mass is 10.1. The van der Waals surface area contributed by atoms with E-state index >= 15 is 0 Å². The Balaban J connectivity index is 2.95. The van der Waals surface area contributed by atoms with Crippen LogP contribution >= 0.6 is 15.9 Å². The lowest BCUT2D eigenvalue weighted by Gasteiger charge is -2.09. The van der Waals surface area contributed by atoms with Crippen LogP contribution < -0.4 is 0 Å². The molecule has 1 aromatic carbocycles. The molecule has 0 radical (unpaired) electrons. The van der Waals surface area contributed by atoms with Gasteiger partial charge in [0.15, 0.2) is 0 Å². The summed E-state index contributed by atoms with van der Waals surface area (Å²) in [6, 6.07) is 4.37. The van der Waals surface area contributed by atoms with Crippen molar-refractivity contribution in [1.82, 2.24) is 0 Å². The number of aliphatic hydroxyl groups excluding tert-OH is 1. The van der Waals surface area contributed by atoms with Crippen molar-refractivity contribution in [3.63, 3.8) is 0 Å². The monoisotopic (exact) mass is 262 g/mol. The number of hydrogen-bond acceptors (Lipinski definition) is 2. The molecule has 0 saturated heterocycles. The van der Waals surface area contributed by atoms with Crippen LogP contribution in [0.3, 0.4) is 0 Å². The predicted octanol–water partition coefficient (Wildman–Crippen LogP) is 2.10. The molecular formula is C9H8BrFO3. The average Bonchev–Trinajstić information content (AvgIpc) is 2.08. The summed E-state index contributed by atoms with van der Waals surface area (Å²) in [4.78, 5) is 10.3. The fraction of sp³-hybridized carbons (Fsp3) is 0.222. The lowest BCUT2D eigenvalue weighted by molar-refractivity contribution is -0.139. The van der Waals surface area contributed by atoms with E-state index in [0.717, 1.165) is 0 Å². The van der Waals surface area contributed by atoms with Gasteiger partial charge in [-0.2, -0.15) is 0 Å². The second-order valence-electron chi connectivity index (χ2n) is 2.76. The van der Waals surface area contributed by atoms with Crippen LogP contribution in [0.5, 0.6) is 0 Å². The molecule has 0 aliphatic rings. The molecule has 1 atom stereocenters. The molecule has 0 bridgehead atoms. The minimum absolute atomic E-state index is 0.0122. The van der Waals surface area contributed by atoms with Crippen molar-refractivity contribution in [2.75, 3.05) is 0 Å². The number of carbonyl (C=O) groups is 1. The first-order valence-electron chi connectivity index (χ1n) is 3.86. The van der Waals surface area contributed by atoms with Crippen molar-refractivity contribution in [2.45, 2.75) is 12.5 Å². The van der Waals surface area contributed by atoms with Crippen LogP contribution in [-0.4, -0.2) is 16.2 Å². The molecule has 1 aromatic rings. The van der Waals surface area contributed by atoms with Gasteiger partial charge in [0, 0.05) is 5.56 Å². The first-order valence-corrected chi connectivity index (χ1v) is 4.65. The number of aliphatic hydroxyl groups is 1. The van der Waals surface area contributed by atoms with E-state index in [1.807, 2.05) is 0 Å². The van der Waals surface area contributed by atoms with E-state index in [1.54, 1.807) is 0 Å². The van der Waals surface area contributed by atoms with Crippen molar-refractivity contribution in [1.29, 1.82) is 0 Å². The minimum atomic E-state index is -1.31. The Hall–Kier alpha value is -0.940. The summed E-state index contributed by atoms with van der Waals surface area (Å²) in [5.74, 6) is -1.79. The summed E-state index contributed by atoms with van der Waals surface area (Å²) in [5, 5.41) is 17.8. The van der Waals surface area contributed by atoms with Crippen LogP contribution in [0.15, 0.2) is 22.7 Å². The first-order chi connectivity index (χ1) is 6.52. The van der Waals surface area contributed by atoms with Gasteiger partial charge < -0.3 is 10.2 Å². The van der Waals surface area contributed by atoms with Crippen molar-refractivity contribution < 1.29 is 19.4 Å². The van der Waals surface area contributed by atoms with Crippen LogP contribution in [0.1, 0.15) is 18.1 Å². The molecule has 76 valence electrons. The molecule has 5 heteroatoms.